The highest BCUT2D eigenvalue weighted by Gasteiger charge is 2.22. The van der Waals surface area contributed by atoms with Crippen molar-refractivity contribution >= 4 is 0 Å². The summed E-state index contributed by atoms with van der Waals surface area (Å²) in [5.74, 6) is 0.162. The zero-order valence-corrected chi connectivity index (χ0v) is 10.8. The summed E-state index contributed by atoms with van der Waals surface area (Å²) in [7, 11) is 2.03. The molecule has 1 aromatic heterocycles. The second kappa shape index (κ2) is 4.97. The van der Waals surface area contributed by atoms with Crippen LogP contribution in [0.25, 0.3) is 0 Å². The van der Waals surface area contributed by atoms with Gasteiger partial charge in [0.15, 0.2) is 0 Å². The number of hydrogen-bond donors (Lipinski definition) is 2. The second-order valence-corrected chi connectivity index (χ2v) is 4.94. The predicted octanol–water partition coefficient (Wildman–Crippen LogP) is -0.244. The van der Waals surface area contributed by atoms with Crippen LogP contribution >= 0.6 is 0 Å². The summed E-state index contributed by atoms with van der Waals surface area (Å²) >= 11 is 0. The first-order valence-electron chi connectivity index (χ1n) is 6.26. The number of likely N-dealkylation sites (tertiary alicyclic amines) is 1. The lowest BCUT2D eigenvalue weighted by molar-refractivity contribution is 0.341. The fraction of sp³-hybridized carbons (Fsp3) is 0.667. The Labute approximate surface area is 105 Å². The average molecular weight is 253 g/mol. The molecule has 1 aliphatic heterocycles. The average Bonchev–Trinajstić information content (AvgIpc) is 2.70. The molecule has 1 aliphatic rings. The van der Waals surface area contributed by atoms with Crippen LogP contribution < -0.4 is 11.2 Å². The highest BCUT2D eigenvalue weighted by Crippen LogP contribution is 2.19. The van der Waals surface area contributed by atoms with Gasteiger partial charge in [-0.25, -0.2) is 4.79 Å². The van der Waals surface area contributed by atoms with E-state index in [1.807, 2.05) is 7.05 Å². The van der Waals surface area contributed by atoms with Gasteiger partial charge in [0.25, 0.3) is 5.56 Å². The number of aromatic nitrogens is 2. The standard InChI is InChI=1S/C12H19N3O3/c1-3-9-10(16)13-12(18)15(11(9)17)7-8-4-5-14(2)6-8/h8,17H,3-7H2,1-2H3,(H,13,16,18). The summed E-state index contributed by atoms with van der Waals surface area (Å²) in [4.78, 5) is 27.7. The van der Waals surface area contributed by atoms with Crippen LogP contribution in [0.1, 0.15) is 18.9 Å². The summed E-state index contributed by atoms with van der Waals surface area (Å²) in [5, 5.41) is 10.0. The third kappa shape index (κ3) is 2.33. The molecule has 2 N–H and O–H groups in total. The normalized spacial score (nSPS) is 20.4. The molecule has 0 spiro atoms. The molecule has 0 aromatic carbocycles. The van der Waals surface area contributed by atoms with Gasteiger partial charge in [-0.3, -0.25) is 14.3 Å². The van der Waals surface area contributed by atoms with Crippen LogP contribution in [0.3, 0.4) is 0 Å². The SMILES string of the molecule is CCc1c(O)n(CC2CCN(C)C2)c(=O)[nH]c1=O. The molecule has 1 aromatic rings. The van der Waals surface area contributed by atoms with E-state index in [9.17, 15) is 14.7 Å². The van der Waals surface area contributed by atoms with E-state index in [1.165, 1.54) is 4.57 Å². The van der Waals surface area contributed by atoms with Crippen molar-refractivity contribution in [1.29, 1.82) is 0 Å². The number of nitrogens with zero attached hydrogens (tertiary/aromatic N) is 2. The van der Waals surface area contributed by atoms with Crippen LogP contribution in [0.2, 0.25) is 0 Å². The van der Waals surface area contributed by atoms with Gasteiger partial charge in [0.05, 0.1) is 5.56 Å². The Bertz CT molecular complexity index is 546. The van der Waals surface area contributed by atoms with E-state index in [2.05, 4.69) is 9.88 Å². The van der Waals surface area contributed by atoms with Gasteiger partial charge in [-0.1, -0.05) is 6.92 Å². The van der Waals surface area contributed by atoms with Crippen molar-refractivity contribution in [3.63, 3.8) is 0 Å². The minimum Gasteiger partial charge on any atom is -0.494 e. The maximum atomic E-state index is 11.7. The molecule has 0 aliphatic carbocycles. The number of nitrogens with one attached hydrogen (secondary N) is 1. The molecule has 0 saturated carbocycles. The van der Waals surface area contributed by atoms with E-state index in [-0.39, 0.29) is 11.4 Å². The zero-order valence-electron chi connectivity index (χ0n) is 10.8. The minimum absolute atomic E-state index is 0.180. The fourth-order valence-electron chi connectivity index (χ4n) is 2.52. The van der Waals surface area contributed by atoms with Gasteiger partial charge < -0.3 is 10.0 Å². The minimum atomic E-state index is -0.524. The zero-order chi connectivity index (χ0) is 13.3. The molecule has 2 heterocycles. The lowest BCUT2D eigenvalue weighted by Crippen LogP contribution is -2.34. The molecular formula is C12H19N3O3. The quantitative estimate of drug-likeness (QED) is 0.779. The topological polar surface area (TPSA) is 78.3 Å². The first kappa shape index (κ1) is 12.9. The Morgan fingerprint density at radius 3 is 2.72 bits per heavy atom. The van der Waals surface area contributed by atoms with Crippen molar-refractivity contribution in [2.75, 3.05) is 20.1 Å². The van der Waals surface area contributed by atoms with Gasteiger partial charge >= 0.3 is 5.69 Å². The van der Waals surface area contributed by atoms with Gasteiger partial charge in [0, 0.05) is 13.1 Å². The van der Waals surface area contributed by atoms with Crippen LogP contribution in [0.5, 0.6) is 5.88 Å². The Kier molecular flexibility index (Phi) is 3.56. The smallest absolute Gasteiger partial charge is 0.331 e. The third-order valence-electron chi connectivity index (χ3n) is 3.55. The molecule has 1 unspecified atom stereocenters. The van der Waals surface area contributed by atoms with Gasteiger partial charge in [0.1, 0.15) is 0 Å². The molecule has 2 rings (SSSR count). The summed E-state index contributed by atoms with van der Waals surface area (Å²) < 4.78 is 1.28. The summed E-state index contributed by atoms with van der Waals surface area (Å²) in [6, 6.07) is 0. The lowest BCUT2D eigenvalue weighted by atomic mass is 10.1. The predicted molar refractivity (Wildman–Crippen MR) is 68.0 cm³/mol. The van der Waals surface area contributed by atoms with Crippen LogP contribution in [0.4, 0.5) is 0 Å². The van der Waals surface area contributed by atoms with Crippen molar-refractivity contribution in [1.82, 2.24) is 14.5 Å². The van der Waals surface area contributed by atoms with Crippen LogP contribution in [0, 0.1) is 5.92 Å². The summed E-state index contributed by atoms with van der Waals surface area (Å²) in [6.45, 7) is 4.15. The molecule has 1 fully saturated rings. The van der Waals surface area contributed by atoms with Crippen molar-refractivity contribution in [2.24, 2.45) is 5.92 Å². The van der Waals surface area contributed by atoms with Crippen LogP contribution in [0.15, 0.2) is 9.59 Å². The first-order valence-corrected chi connectivity index (χ1v) is 6.26. The lowest BCUT2D eigenvalue weighted by Gasteiger charge is -2.15. The fourth-order valence-corrected chi connectivity index (χ4v) is 2.52. The summed E-state index contributed by atoms with van der Waals surface area (Å²) in [6.07, 6.45) is 1.41. The molecule has 6 nitrogen and oxygen atoms in total. The summed E-state index contributed by atoms with van der Waals surface area (Å²) in [5.41, 5.74) is -0.731. The van der Waals surface area contributed by atoms with E-state index in [0.717, 1.165) is 19.5 Å². The maximum absolute atomic E-state index is 11.7. The number of hydrogen-bond acceptors (Lipinski definition) is 4. The van der Waals surface area contributed by atoms with Crippen LogP contribution in [-0.2, 0) is 13.0 Å². The number of aromatic amines is 1. The molecule has 1 atom stereocenters. The molecule has 100 valence electrons. The maximum Gasteiger partial charge on any atom is 0.331 e. The number of aromatic hydroxyl groups is 1. The van der Waals surface area contributed by atoms with E-state index >= 15 is 0 Å². The van der Waals surface area contributed by atoms with Gasteiger partial charge in [-0.05, 0) is 32.4 Å². The Morgan fingerprint density at radius 1 is 1.44 bits per heavy atom. The molecule has 1 saturated heterocycles. The molecular weight excluding hydrogens is 234 g/mol. The van der Waals surface area contributed by atoms with Crippen molar-refractivity contribution in [3.05, 3.63) is 26.4 Å². The molecule has 0 amide bonds. The Hall–Kier alpha value is -1.56. The second-order valence-electron chi connectivity index (χ2n) is 4.94. The number of rotatable bonds is 3. The van der Waals surface area contributed by atoms with E-state index in [1.54, 1.807) is 6.92 Å². The molecule has 0 bridgehead atoms. The first-order chi connectivity index (χ1) is 8.52. The van der Waals surface area contributed by atoms with Gasteiger partial charge in [-0.15, -0.1) is 0 Å². The van der Waals surface area contributed by atoms with Crippen molar-refractivity contribution < 1.29 is 5.11 Å². The van der Waals surface area contributed by atoms with Gasteiger partial charge in [-0.2, -0.15) is 0 Å². The van der Waals surface area contributed by atoms with Gasteiger partial charge in [0.2, 0.25) is 5.88 Å². The molecule has 6 heteroatoms. The third-order valence-corrected chi connectivity index (χ3v) is 3.55. The number of H-pyrrole nitrogens is 1. The molecule has 18 heavy (non-hydrogen) atoms. The molecule has 0 radical (unpaired) electrons. The van der Waals surface area contributed by atoms with Crippen molar-refractivity contribution in [3.8, 4) is 5.88 Å². The Morgan fingerprint density at radius 2 is 2.17 bits per heavy atom. The highest BCUT2D eigenvalue weighted by molar-refractivity contribution is 5.22. The van der Waals surface area contributed by atoms with E-state index < -0.39 is 11.2 Å². The Balaban J connectivity index is 2.33. The van der Waals surface area contributed by atoms with Crippen molar-refractivity contribution in [2.45, 2.75) is 26.3 Å². The monoisotopic (exact) mass is 253 g/mol. The van der Waals surface area contributed by atoms with E-state index in [0.29, 0.717) is 18.9 Å². The highest BCUT2D eigenvalue weighted by atomic mass is 16.3. The van der Waals surface area contributed by atoms with Crippen LogP contribution in [-0.4, -0.2) is 39.7 Å². The largest absolute Gasteiger partial charge is 0.494 e. The van der Waals surface area contributed by atoms with E-state index in [4.69, 9.17) is 0 Å².